The molecule has 1 heterocycles. The lowest BCUT2D eigenvalue weighted by atomic mass is 10.1. The second-order valence-electron chi connectivity index (χ2n) is 8.25. The van der Waals surface area contributed by atoms with Crippen molar-refractivity contribution in [2.24, 2.45) is 5.10 Å². The van der Waals surface area contributed by atoms with Gasteiger partial charge < -0.3 is 9.47 Å². The Morgan fingerprint density at radius 3 is 2.64 bits per heavy atom. The van der Waals surface area contributed by atoms with Crippen molar-refractivity contribution in [2.45, 2.75) is 32.8 Å². The van der Waals surface area contributed by atoms with E-state index in [1.54, 1.807) is 37.6 Å². The van der Waals surface area contributed by atoms with Gasteiger partial charge in [-0.15, -0.1) is 0 Å². The predicted octanol–water partition coefficient (Wildman–Crippen LogP) is 6.89. The Morgan fingerprint density at radius 2 is 1.94 bits per heavy atom. The third-order valence-corrected chi connectivity index (χ3v) is 7.05. The van der Waals surface area contributed by atoms with E-state index in [1.807, 2.05) is 25.1 Å². The number of hydrogen-bond donors (Lipinski definition) is 0. The van der Waals surface area contributed by atoms with Gasteiger partial charge in [-0.3, -0.25) is 4.79 Å². The first-order chi connectivity index (χ1) is 17.3. The standard InChI is InChI=1S/C27H24BrFIN3O3/c1-4-16(2)26-32-23-10-7-19(28)13-21(23)27(34)33(26)31-14-18-11-22(30)25(24(12-18)35-3)36-15-17-5-8-20(29)9-6-17/h5-14,16H,4,15H2,1-3H3/t16-/m0/s1. The second-order valence-corrected chi connectivity index (χ2v) is 10.3. The molecular formula is C27H24BrFIN3O3. The first-order valence-electron chi connectivity index (χ1n) is 11.3. The number of methoxy groups -OCH3 is 1. The SMILES string of the molecule is CC[C@H](C)c1nc2ccc(Br)cc2c(=O)n1N=Cc1cc(I)c(OCc2ccc(F)cc2)c(OC)c1. The Hall–Kier alpha value is -2.79. The van der Waals surface area contributed by atoms with Crippen LogP contribution in [0.2, 0.25) is 0 Å². The van der Waals surface area contributed by atoms with Gasteiger partial charge in [-0.2, -0.15) is 9.78 Å². The molecular weight excluding hydrogens is 640 g/mol. The molecule has 0 saturated carbocycles. The average molecular weight is 664 g/mol. The zero-order valence-electron chi connectivity index (χ0n) is 20.0. The number of nitrogens with zero attached hydrogens (tertiary/aromatic N) is 3. The molecule has 0 aliphatic carbocycles. The molecule has 3 aromatic carbocycles. The third-order valence-electron chi connectivity index (χ3n) is 5.76. The summed E-state index contributed by atoms with van der Waals surface area (Å²) >= 11 is 5.60. The van der Waals surface area contributed by atoms with Crippen molar-refractivity contribution in [3.05, 3.63) is 95.8 Å². The summed E-state index contributed by atoms with van der Waals surface area (Å²) < 4.78 is 27.7. The van der Waals surface area contributed by atoms with Crippen LogP contribution in [0.25, 0.3) is 10.9 Å². The number of aromatic nitrogens is 2. The predicted molar refractivity (Wildman–Crippen MR) is 152 cm³/mol. The average Bonchev–Trinajstić information content (AvgIpc) is 2.87. The van der Waals surface area contributed by atoms with Crippen LogP contribution in [0.1, 0.15) is 43.1 Å². The van der Waals surface area contributed by atoms with Crippen molar-refractivity contribution in [2.75, 3.05) is 7.11 Å². The molecule has 4 rings (SSSR count). The van der Waals surface area contributed by atoms with Crippen molar-refractivity contribution in [1.29, 1.82) is 0 Å². The van der Waals surface area contributed by atoms with E-state index in [-0.39, 0.29) is 23.9 Å². The maximum atomic E-state index is 13.3. The van der Waals surface area contributed by atoms with Gasteiger partial charge in [-0.25, -0.2) is 9.37 Å². The molecule has 0 radical (unpaired) electrons. The van der Waals surface area contributed by atoms with E-state index in [0.29, 0.717) is 28.2 Å². The zero-order chi connectivity index (χ0) is 25.8. The Labute approximate surface area is 230 Å². The zero-order valence-corrected chi connectivity index (χ0v) is 23.7. The van der Waals surface area contributed by atoms with Crippen molar-refractivity contribution >= 4 is 55.6 Å². The molecule has 186 valence electrons. The molecule has 0 spiro atoms. The molecule has 9 heteroatoms. The molecule has 0 fully saturated rings. The van der Waals surface area contributed by atoms with Crippen molar-refractivity contribution < 1.29 is 13.9 Å². The number of hydrogen-bond acceptors (Lipinski definition) is 5. The fraction of sp³-hybridized carbons (Fsp3) is 0.222. The fourth-order valence-corrected chi connectivity index (χ4v) is 4.74. The van der Waals surface area contributed by atoms with Crippen LogP contribution in [-0.4, -0.2) is 23.0 Å². The molecule has 0 saturated heterocycles. The van der Waals surface area contributed by atoms with Gasteiger partial charge in [0.15, 0.2) is 11.5 Å². The quantitative estimate of drug-likeness (QED) is 0.152. The molecule has 6 nitrogen and oxygen atoms in total. The number of ether oxygens (including phenoxy) is 2. The molecule has 0 aliphatic heterocycles. The second kappa shape index (κ2) is 11.5. The normalized spacial score (nSPS) is 12.3. The smallest absolute Gasteiger partial charge is 0.282 e. The van der Waals surface area contributed by atoms with Gasteiger partial charge in [0, 0.05) is 10.4 Å². The highest BCUT2D eigenvalue weighted by Gasteiger charge is 2.16. The highest BCUT2D eigenvalue weighted by molar-refractivity contribution is 14.1. The van der Waals surface area contributed by atoms with Gasteiger partial charge in [0.25, 0.3) is 5.56 Å². The van der Waals surface area contributed by atoms with E-state index in [9.17, 15) is 9.18 Å². The monoisotopic (exact) mass is 663 g/mol. The van der Waals surface area contributed by atoms with Crippen LogP contribution in [0.4, 0.5) is 4.39 Å². The summed E-state index contributed by atoms with van der Waals surface area (Å²) in [6, 6.07) is 15.3. The summed E-state index contributed by atoms with van der Waals surface area (Å²) in [6.45, 7) is 4.35. The van der Waals surface area contributed by atoms with Crippen LogP contribution in [-0.2, 0) is 6.61 Å². The molecule has 0 aliphatic rings. The molecule has 0 N–H and O–H groups in total. The fourth-order valence-electron chi connectivity index (χ4n) is 3.59. The van der Waals surface area contributed by atoms with Crippen molar-refractivity contribution in [3.8, 4) is 11.5 Å². The van der Waals surface area contributed by atoms with Crippen molar-refractivity contribution in [3.63, 3.8) is 0 Å². The van der Waals surface area contributed by atoms with Gasteiger partial charge in [0.1, 0.15) is 18.2 Å². The minimum atomic E-state index is -0.292. The lowest BCUT2D eigenvalue weighted by molar-refractivity contribution is 0.282. The van der Waals surface area contributed by atoms with Gasteiger partial charge >= 0.3 is 0 Å². The van der Waals surface area contributed by atoms with E-state index >= 15 is 0 Å². The number of fused-ring (bicyclic) bond motifs is 1. The van der Waals surface area contributed by atoms with E-state index in [4.69, 9.17) is 14.5 Å². The highest BCUT2D eigenvalue weighted by atomic mass is 127. The Kier molecular flexibility index (Phi) is 8.40. The van der Waals surface area contributed by atoms with Crippen molar-refractivity contribution in [1.82, 2.24) is 9.66 Å². The molecule has 4 aromatic rings. The first kappa shape index (κ1) is 26.3. The molecule has 0 unspecified atom stereocenters. The van der Waals surface area contributed by atoms with E-state index in [2.05, 4.69) is 50.5 Å². The summed E-state index contributed by atoms with van der Waals surface area (Å²) in [7, 11) is 1.56. The number of halogens is 3. The van der Waals surface area contributed by atoms with Crippen LogP contribution in [0, 0.1) is 9.39 Å². The lowest BCUT2D eigenvalue weighted by Crippen LogP contribution is -2.23. The Bertz CT molecular complexity index is 1490. The summed E-state index contributed by atoms with van der Waals surface area (Å²) in [5, 5.41) is 5.03. The Morgan fingerprint density at radius 1 is 1.19 bits per heavy atom. The molecule has 1 aromatic heterocycles. The van der Waals surface area contributed by atoms with Gasteiger partial charge in [0.05, 0.1) is 27.8 Å². The molecule has 0 bridgehead atoms. The van der Waals surface area contributed by atoms with E-state index in [1.165, 1.54) is 16.8 Å². The number of rotatable bonds is 8. The molecule has 36 heavy (non-hydrogen) atoms. The lowest BCUT2D eigenvalue weighted by Gasteiger charge is -2.15. The van der Waals surface area contributed by atoms with Gasteiger partial charge in [0.2, 0.25) is 0 Å². The summed E-state index contributed by atoms with van der Waals surface area (Å²) in [4.78, 5) is 18.1. The summed E-state index contributed by atoms with van der Waals surface area (Å²) in [6.07, 6.45) is 2.43. The number of benzene rings is 3. The van der Waals surface area contributed by atoms with Crippen LogP contribution in [0.15, 0.2) is 69.0 Å². The molecule has 0 amide bonds. The van der Waals surface area contributed by atoms with Crippen LogP contribution in [0.3, 0.4) is 0 Å². The van der Waals surface area contributed by atoms with E-state index in [0.717, 1.165) is 25.6 Å². The molecule has 1 atom stereocenters. The summed E-state index contributed by atoms with van der Waals surface area (Å²) in [5.74, 6) is 1.46. The van der Waals surface area contributed by atoms with Gasteiger partial charge in [-0.05, 0) is 82.6 Å². The highest BCUT2D eigenvalue weighted by Crippen LogP contribution is 2.34. The van der Waals surface area contributed by atoms with Crippen LogP contribution < -0.4 is 15.0 Å². The minimum Gasteiger partial charge on any atom is -0.493 e. The Balaban J connectivity index is 1.69. The first-order valence-corrected chi connectivity index (χ1v) is 13.2. The topological polar surface area (TPSA) is 65.7 Å². The van der Waals surface area contributed by atoms with Gasteiger partial charge in [-0.1, -0.05) is 41.9 Å². The maximum Gasteiger partial charge on any atom is 0.282 e. The largest absolute Gasteiger partial charge is 0.493 e. The van der Waals surface area contributed by atoms with Crippen LogP contribution in [0.5, 0.6) is 11.5 Å². The minimum absolute atomic E-state index is 0.0415. The summed E-state index contributed by atoms with van der Waals surface area (Å²) in [5.41, 5.74) is 1.99. The van der Waals surface area contributed by atoms with Crippen LogP contribution >= 0.6 is 38.5 Å². The van der Waals surface area contributed by atoms with E-state index < -0.39 is 0 Å². The maximum absolute atomic E-state index is 13.3. The third kappa shape index (κ3) is 5.78.